The van der Waals surface area contributed by atoms with E-state index in [4.69, 9.17) is 4.74 Å². The summed E-state index contributed by atoms with van der Waals surface area (Å²) < 4.78 is 5.52. The largest absolute Gasteiger partial charge is 0.495 e. The summed E-state index contributed by atoms with van der Waals surface area (Å²) >= 11 is 0. The number of methoxy groups -OCH3 is 1. The van der Waals surface area contributed by atoms with E-state index < -0.39 is 0 Å². The summed E-state index contributed by atoms with van der Waals surface area (Å²) in [5.74, 6) is 2.56. The first-order valence-electron chi connectivity index (χ1n) is 9.71. The van der Waals surface area contributed by atoms with E-state index in [9.17, 15) is 0 Å². The molecule has 0 bridgehead atoms. The molecular formula is C22H28N4O. The van der Waals surface area contributed by atoms with Crippen LogP contribution in [0.4, 0.5) is 5.69 Å². The number of piperazine rings is 1. The monoisotopic (exact) mass is 364 g/mol. The van der Waals surface area contributed by atoms with Crippen LogP contribution in [0.5, 0.6) is 5.75 Å². The van der Waals surface area contributed by atoms with Crippen molar-refractivity contribution in [3.8, 4) is 5.75 Å². The Kier molecular flexibility index (Phi) is 5.19. The first kappa shape index (κ1) is 17.7. The molecule has 1 aliphatic heterocycles. The third kappa shape index (κ3) is 3.59. The maximum atomic E-state index is 5.52. The number of anilines is 1. The molecular weight excluding hydrogens is 336 g/mol. The van der Waals surface area contributed by atoms with E-state index >= 15 is 0 Å². The summed E-state index contributed by atoms with van der Waals surface area (Å²) in [5, 5.41) is 3.59. The smallest absolute Gasteiger partial charge is 0.193 e. The van der Waals surface area contributed by atoms with Crippen LogP contribution in [-0.2, 0) is 6.42 Å². The number of guanidine groups is 1. The molecule has 2 aliphatic rings. The van der Waals surface area contributed by atoms with Gasteiger partial charge in [-0.25, -0.2) is 0 Å². The van der Waals surface area contributed by atoms with Crippen LogP contribution in [-0.4, -0.2) is 57.7 Å². The number of para-hydroxylation sites is 2. The van der Waals surface area contributed by atoms with Crippen molar-refractivity contribution in [3.05, 3.63) is 59.7 Å². The minimum Gasteiger partial charge on any atom is -0.495 e. The van der Waals surface area contributed by atoms with Crippen molar-refractivity contribution in [2.24, 2.45) is 4.99 Å². The van der Waals surface area contributed by atoms with E-state index in [0.717, 1.165) is 44.4 Å². The molecule has 2 aromatic carbocycles. The van der Waals surface area contributed by atoms with Gasteiger partial charge in [-0.05, 0) is 29.7 Å². The molecule has 1 fully saturated rings. The van der Waals surface area contributed by atoms with Crippen molar-refractivity contribution in [2.75, 3.05) is 51.8 Å². The molecule has 0 aromatic heterocycles. The Morgan fingerprint density at radius 3 is 2.56 bits per heavy atom. The number of hydrogen-bond donors (Lipinski definition) is 1. The standard InChI is InChI=1S/C22H28N4O/c1-23-22(24-16-18-15-17-7-3-4-8-19(17)18)26-13-11-25(12-14-26)20-9-5-6-10-21(20)27-2/h3-10,18H,11-16H2,1-2H3,(H,23,24). The lowest BCUT2D eigenvalue weighted by atomic mass is 9.78. The van der Waals surface area contributed by atoms with Gasteiger partial charge in [0, 0.05) is 45.7 Å². The molecule has 142 valence electrons. The maximum Gasteiger partial charge on any atom is 0.193 e. The van der Waals surface area contributed by atoms with E-state index in [1.807, 2.05) is 19.2 Å². The van der Waals surface area contributed by atoms with E-state index in [0.29, 0.717) is 5.92 Å². The molecule has 1 saturated heterocycles. The summed E-state index contributed by atoms with van der Waals surface area (Å²) in [5.41, 5.74) is 4.15. The zero-order chi connectivity index (χ0) is 18.6. The molecule has 1 N–H and O–H groups in total. The number of benzene rings is 2. The zero-order valence-corrected chi connectivity index (χ0v) is 16.2. The van der Waals surface area contributed by atoms with Crippen LogP contribution in [0, 0.1) is 0 Å². The summed E-state index contributed by atoms with van der Waals surface area (Å²) in [6.07, 6.45) is 1.17. The minimum absolute atomic E-state index is 0.604. The van der Waals surface area contributed by atoms with Crippen molar-refractivity contribution in [1.29, 1.82) is 0 Å². The molecule has 0 saturated carbocycles. The number of ether oxygens (including phenoxy) is 1. The molecule has 5 nitrogen and oxygen atoms in total. The molecule has 0 radical (unpaired) electrons. The zero-order valence-electron chi connectivity index (χ0n) is 16.2. The Bertz CT molecular complexity index is 811. The number of aliphatic imine (C=N–C) groups is 1. The van der Waals surface area contributed by atoms with Crippen LogP contribution in [0.1, 0.15) is 17.0 Å². The van der Waals surface area contributed by atoms with Crippen LogP contribution in [0.25, 0.3) is 0 Å². The van der Waals surface area contributed by atoms with Crippen LogP contribution < -0.4 is 15.0 Å². The number of nitrogens with zero attached hydrogens (tertiary/aromatic N) is 3. The van der Waals surface area contributed by atoms with Gasteiger partial charge < -0.3 is 19.9 Å². The van der Waals surface area contributed by atoms with Gasteiger partial charge in [0.05, 0.1) is 12.8 Å². The quantitative estimate of drug-likeness (QED) is 0.669. The van der Waals surface area contributed by atoms with Crippen molar-refractivity contribution in [1.82, 2.24) is 10.2 Å². The first-order valence-corrected chi connectivity index (χ1v) is 9.71. The Labute approximate surface area is 161 Å². The van der Waals surface area contributed by atoms with E-state index in [2.05, 4.69) is 56.5 Å². The third-order valence-corrected chi connectivity index (χ3v) is 5.68. The number of nitrogens with one attached hydrogen (secondary N) is 1. The Morgan fingerprint density at radius 2 is 1.81 bits per heavy atom. The van der Waals surface area contributed by atoms with E-state index in [1.54, 1.807) is 7.11 Å². The van der Waals surface area contributed by atoms with Crippen molar-refractivity contribution in [2.45, 2.75) is 12.3 Å². The predicted octanol–water partition coefficient (Wildman–Crippen LogP) is 2.73. The van der Waals surface area contributed by atoms with Crippen LogP contribution in [0.2, 0.25) is 0 Å². The molecule has 0 spiro atoms. The molecule has 4 rings (SSSR count). The van der Waals surface area contributed by atoms with Gasteiger partial charge in [-0.3, -0.25) is 4.99 Å². The first-order chi connectivity index (χ1) is 13.3. The van der Waals surface area contributed by atoms with Gasteiger partial charge in [0.2, 0.25) is 0 Å². The molecule has 1 atom stereocenters. The highest BCUT2D eigenvalue weighted by Gasteiger charge is 2.27. The molecule has 1 aliphatic carbocycles. The normalized spacial score (nSPS) is 19.3. The Balaban J connectivity index is 1.32. The van der Waals surface area contributed by atoms with Gasteiger partial charge in [-0.2, -0.15) is 0 Å². The predicted molar refractivity (Wildman–Crippen MR) is 111 cm³/mol. The Morgan fingerprint density at radius 1 is 1.07 bits per heavy atom. The molecule has 2 aromatic rings. The average Bonchev–Trinajstić information content (AvgIpc) is 2.72. The SMILES string of the molecule is CN=C(NCC1Cc2ccccc21)N1CCN(c2ccccc2OC)CC1. The summed E-state index contributed by atoms with van der Waals surface area (Å²) in [7, 11) is 3.61. The molecule has 1 unspecified atom stereocenters. The molecule has 27 heavy (non-hydrogen) atoms. The Hall–Kier alpha value is -2.69. The van der Waals surface area contributed by atoms with E-state index in [1.165, 1.54) is 23.2 Å². The van der Waals surface area contributed by atoms with Gasteiger partial charge in [0.1, 0.15) is 5.75 Å². The fourth-order valence-corrected chi connectivity index (χ4v) is 4.14. The highest BCUT2D eigenvalue weighted by atomic mass is 16.5. The number of fused-ring (bicyclic) bond motifs is 1. The minimum atomic E-state index is 0.604. The van der Waals surface area contributed by atoms with E-state index in [-0.39, 0.29) is 0 Å². The third-order valence-electron chi connectivity index (χ3n) is 5.68. The molecule has 1 heterocycles. The van der Waals surface area contributed by atoms with Gasteiger partial charge in [-0.1, -0.05) is 36.4 Å². The lowest BCUT2D eigenvalue weighted by Crippen LogP contribution is -2.53. The van der Waals surface area contributed by atoms with Crippen LogP contribution >= 0.6 is 0 Å². The summed E-state index contributed by atoms with van der Waals surface area (Å²) in [6.45, 7) is 4.80. The second-order valence-corrected chi connectivity index (χ2v) is 7.17. The number of rotatable bonds is 4. The van der Waals surface area contributed by atoms with Gasteiger partial charge in [0.25, 0.3) is 0 Å². The second kappa shape index (κ2) is 7.91. The van der Waals surface area contributed by atoms with Gasteiger partial charge >= 0.3 is 0 Å². The van der Waals surface area contributed by atoms with Crippen molar-refractivity contribution < 1.29 is 4.74 Å². The van der Waals surface area contributed by atoms with Crippen molar-refractivity contribution >= 4 is 11.6 Å². The van der Waals surface area contributed by atoms with Crippen LogP contribution in [0.15, 0.2) is 53.5 Å². The highest BCUT2D eigenvalue weighted by Crippen LogP contribution is 2.34. The van der Waals surface area contributed by atoms with Crippen LogP contribution in [0.3, 0.4) is 0 Å². The average molecular weight is 364 g/mol. The fourth-order valence-electron chi connectivity index (χ4n) is 4.14. The number of hydrogen-bond acceptors (Lipinski definition) is 3. The van der Waals surface area contributed by atoms with Gasteiger partial charge in [-0.15, -0.1) is 0 Å². The molecule has 0 amide bonds. The lowest BCUT2D eigenvalue weighted by Gasteiger charge is -2.39. The lowest BCUT2D eigenvalue weighted by molar-refractivity contribution is 0.365. The second-order valence-electron chi connectivity index (χ2n) is 7.17. The summed E-state index contributed by atoms with van der Waals surface area (Å²) in [4.78, 5) is 9.27. The summed E-state index contributed by atoms with van der Waals surface area (Å²) in [6, 6.07) is 17.0. The maximum absolute atomic E-state index is 5.52. The fraction of sp³-hybridized carbons (Fsp3) is 0.409. The molecule has 5 heteroatoms. The topological polar surface area (TPSA) is 40.1 Å². The van der Waals surface area contributed by atoms with Gasteiger partial charge in [0.15, 0.2) is 5.96 Å². The van der Waals surface area contributed by atoms with Crippen molar-refractivity contribution in [3.63, 3.8) is 0 Å². The highest BCUT2D eigenvalue weighted by molar-refractivity contribution is 5.80.